The van der Waals surface area contributed by atoms with Crippen LogP contribution in [0.5, 0.6) is 0 Å². The lowest BCUT2D eigenvalue weighted by Gasteiger charge is -2.10. The molecular formula is C20H22N4OS. The Kier molecular flexibility index (Phi) is 5.42. The molecule has 1 amide bonds. The van der Waals surface area contributed by atoms with Gasteiger partial charge < -0.3 is 9.47 Å². The lowest BCUT2D eigenvalue weighted by atomic mass is 10.1. The van der Waals surface area contributed by atoms with Crippen LogP contribution in [-0.4, -0.2) is 39.7 Å². The fraction of sp³-hybridized carbons (Fsp3) is 0.250. The highest BCUT2D eigenvalue weighted by atomic mass is 32.2. The molecule has 0 bridgehead atoms. The molecule has 0 fully saturated rings. The molecule has 0 unspecified atom stereocenters. The number of thioether (sulfide) groups is 1. The number of hydrogen-bond acceptors (Lipinski definition) is 4. The number of aromatic nitrogens is 3. The molecule has 3 aromatic rings. The Morgan fingerprint density at radius 2 is 1.69 bits per heavy atom. The van der Waals surface area contributed by atoms with Crippen molar-refractivity contribution in [3.63, 3.8) is 0 Å². The zero-order valence-corrected chi connectivity index (χ0v) is 16.2. The van der Waals surface area contributed by atoms with Gasteiger partial charge >= 0.3 is 0 Å². The first-order valence-electron chi connectivity index (χ1n) is 8.35. The van der Waals surface area contributed by atoms with Crippen LogP contribution in [0.2, 0.25) is 0 Å². The first-order chi connectivity index (χ1) is 12.5. The average molecular weight is 366 g/mol. The third kappa shape index (κ3) is 3.96. The average Bonchev–Trinajstić information content (AvgIpc) is 3.01. The predicted molar refractivity (Wildman–Crippen MR) is 105 cm³/mol. The largest absolute Gasteiger partial charge is 0.345 e. The highest BCUT2D eigenvalue weighted by molar-refractivity contribution is 7.98. The van der Waals surface area contributed by atoms with Gasteiger partial charge in [-0.05, 0) is 24.6 Å². The van der Waals surface area contributed by atoms with E-state index < -0.39 is 0 Å². The summed E-state index contributed by atoms with van der Waals surface area (Å²) in [5, 5.41) is 9.51. The summed E-state index contributed by atoms with van der Waals surface area (Å²) < 4.78 is 2.01. The van der Waals surface area contributed by atoms with E-state index in [-0.39, 0.29) is 5.91 Å². The second-order valence-electron chi connectivity index (χ2n) is 6.42. The fourth-order valence-corrected chi connectivity index (χ4v) is 3.41. The summed E-state index contributed by atoms with van der Waals surface area (Å²) >= 11 is 1.63. The number of aryl methyl sites for hydroxylation is 1. The number of benzene rings is 2. The van der Waals surface area contributed by atoms with Gasteiger partial charge in [-0.15, -0.1) is 10.2 Å². The van der Waals surface area contributed by atoms with Gasteiger partial charge in [0.15, 0.2) is 11.0 Å². The minimum atomic E-state index is 0.0141. The fourth-order valence-electron chi connectivity index (χ4n) is 2.54. The van der Waals surface area contributed by atoms with Crippen molar-refractivity contribution in [3.8, 4) is 11.4 Å². The number of carbonyl (C=O) groups excluding carboxylic acids is 1. The molecule has 5 nitrogen and oxygen atoms in total. The zero-order chi connectivity index (χ0) is 18.7. The van der Waals surface area contributed by atoms with Crippen molar-refractivity contribution >= 4 is 17.7 Å². The summed E-state index contributed by atoms with van der Waals surface area (Å²) in [6.45, 7) is 2.07. The summed E-state index contributed by atoms with van der Waals surface area (Å²) in [5.41, 5.74) is 4.12. The summed E-state index contributed by atoms with van der Waals surface area (Å²) in [6.07, 6.45) is 0. The van der Waals surface area contributed by atoms with Gasteiger partial charge in [0.05, 0.1) is 0 Å². The van der Waals surface area contributed by atoms with Gasteiger partial charge in [-0.1, -0.05) is 53.7 Å². The Labute approximate surface area is 158 Å². The molecule has 1 heterocycles. The molecular weight excluding hydrogens is 344 g/mol. The van der Waals surface area contributed by atoms with Gasteiger partial charge in [0.2, 0.25) is 0 Å². The van der Waals surface area contributed by atoms with Crippen LogP contribution in [0.3, 0.4) is 0 Å². The molecule has 1 aromatic heterocycles. The number of carbonyl (C=O) groups is 1. The molecule has 0 aliphatic rings. The van der Waals surface area contributed by atoms with Crippen LogP contribution in [0, 0.1) is 6.92 Å². The second kappa shape index (κ2) is 7.74. The first-order valence-corrected chi connectivity index (χ1v) is 9.34. The summed E-state index contributed by atoms with van der Waals surface area (Å²) in [7, 11) is 5.49. The maximum Gasteiger partial charge on any atom is 0.253 e. The minimum absolute atomic E-state index is 0.0141. The normalized spacial score (nSPS) is 10.8. The summed E-state index contributed by atoms with van der Waals surface area (Å²) in [4.78, 5) is 13.5. The molecule has 26 heavy (non-hydrogen) atoms. The van der Waals surface area contributed by atoms with Gasteiger partial charge in [0, 0.05) is 38.0 Å². The van der Waals surface area contributed by atoms with Crippen molar-refractivity contribution in [1.82, 2.24) is 19.7 Å². The Hall–Kier alpha value is -2.60. The maximum atomic E-state index is 11.9. The molecule has 0 saturated heterocycles. The molecule has 134 valence electrons. The van der Waals surface area contributed by atoms with E-state index in [9.17, 15) is 4.79 Å². The monoisotopic (exact) mass is 366 g/mol. The molecule has 0 N–H and O–H groups in total. The van der Waals surface area contributed by atoms with E-state index in [2.05, 4.69) is 41.4 Å². The Bertz CT molecular complexity index is 899. The highest BCUT2D eigenvalue weighted by Crippen LogP contribution is 2.25. The Morgan fingerprint density at radius 3 is 2.31 bits per heavy atom. The number of hydrogen-bond donors (Lipinski definition) is 0. The first kappa shape index (κ1) is 18.2. The van der Waals surface area contributed by atoms with Gasteiger partial charge in [0.1, 0.15) is 0 Å². The van der Waals surface area contributed by atoms with Crippen LogP contribution >= 0.6 is 11.8 Å². The lowest BCUT2D eigenvalue weighted by molar-refractivity contribution is 0.0827. The molecule has 0 saturated carbocycles. The zero-order valence-electron chi connectivity index (χ0n) is 15.4. The van der Waals surface area contributed by atoms with E-state index in [1.54, 1.807) is 30.8 Å². The van der Waals surface area contributed by atoms with E-state index in [0.29, 0.717) is 5.56 Å². The molecule has 6 heteroatoms. The quantitative estimate of drug-likeness (QED) is 0.645. The Balaban J connectivity index is 1.69. The van der Waals surface area contributed by atoms with Crippen LogP contribution < -0.4 is 0 Å². The van der Waals surface area contributed by atoms with E-state index >= 15 is 0 Å². The van der Waals surface area contributed by atoms with E-state index in [1.807, 2.05) is 35.9 Å². The second-order valence-corrected chi connectivity index (χ2v) is 7.36. The van der Waals surface area contributed by atoms with Crippen molar-refractivity contribution in [2.75, 3.05) is 14.1 Å². The lowest BCUT2D eigenvalue weighted by Crippen LogP contribution is -2.21. The molecule has 0 radical (unpaired) electrons. The maximum absolute atomic E-state index is 11.9. The molecule has 2 aromatic carbocycles. The predicted octanol–water partition coefficient (Wildman–Crippen LogP) is 3.78. The standard InChI is InChI=1S/C20H22N4OS/c1-14-5-9-16(10-6-14)18-21-22-20(24(18)4)26-13-15-7-11-17(12-8-15)19(25)23(2)3/h5-12H,13H2,1-4H3. The number of nitrogens with zero attached hydrogens (tertiary/aromatic N) is 4. The van der Waals surface area contributed by atoms with Crippen molar-refractivity contribution < 1.29 is 4.79 Å². The summed E-state index contributed by atoms with van der Waals surface area (Å²) in [5.74, 6) is 1.65. The summed E-state index contributed by atoms with van der Waals surface area (Å²) in [6, 6.07) is 16.0. The molecule has 0 atom stereocenters. The number of rotatable bonds is 5. The van der Waals surface area contributed by atoms with Crippen molar-refractivity contribution in [1.29, 1.82) is 0 Å². The third-order valence-electron chi connectivity index (χ3n) is 4.12. The smallest absolute Gasteiger partial charge is 0.253 e. The third-order valence-corrected chi connectivity index (χ3v) is 5.21. The molecule has 0 aliphatic carbocycles. The van der Waals surface area contributed by atoms with E-state index in [0.717, 1.165) is 27.9 Å². The van der Waals surface area contributed by atoms with Crippen LogP contribution in [0.25, 0.3) is 11.4 Å². The van der Waals surface area contributed by atoms with Crippen molar-refractivity contribution in [3.05, 3.63) is 65.2 Å². The van der Waals surface area contributed by atoms with Crippen LogP contribution in [0.1, 0.15) is 21.5 Å². The minimum Gasteiger partial charge on any atom is -0.345 e. The van der Waals surface area contributed by atoms with Crippen LogP contribution in [0.4, 0.5) is 0 Å². The van der Waals surface area contributed by atoms with Crippen LogP contribution in [0.15, 0.2) is 53.7 Å². The van der Waals surface area contributed by atoms with Gasteiger partial charge in [0.25, 0.3) is 5.91 Å². The number of amides is 1. The Morgan fingerprint density at radius 1 is 1.04 bits per heavy atom. The highest BCUT2D eigenvalue weighted by Gasteiger charge is 2.12. The SMILES string of the molecule is Cc1ccc(-c2nnc(SCc3ccc(C(=O)N(C)C)cc3)n2C)cc1. The van der Waals surface area contributed by atoms with E-state index in [1.165, 1.54) is 5.56 Å². The van der Waals surface area contributed by atoms with Gasteiger partial charge in [-0.3, -0.25) is 4.79 Å². The molecule has 3 rings (SSSR count). The van der Waals surface area contributed by atoms with Crippen molar-refractivity contribution in [2.24, 2.45) is 7.05 Å². The van der Waals surface area contributed by atoms with Crippen molar-refractivity contribution in [2.45, 2.75) is 17.8 Å². The van der Waals surface area contributed by atoms with E-state index in [4.69, 9.17) is 0 Å². The topological polar surface area (TPSA) is 51.0 Å². The van der Waals surface area contributed by atoms with Crippen LogP contribution in [-0.2, 0) is 12.8 Å². The van der Waals surface area contributed by atoms with Gasteiger partial charge in [-0.2, -0.15) is 0 Å². The molecule has 0 aliphatic heterocycles. The molecule has 0 spiro atoms. The van der Waals surface area contributed by atoms with Gasteiger partial charge in [-0.25, -0.2) is 0 Å².